The Labute approximate surface area is 152 Å². The van der Waals surface area contributed by atoms with Gasteiger partial charge in [0.05, 0.1) is 10.2 Å². The van der Waals surface area contributed by atoms with Gasteiger partial charge in [-0.15, -0.1) is 11.3 Å². The van der Waals surface area contributed by atoms with Crippen molar-refractivity contribution in [3.63, 3.8) is 0 Å². The molecule has 6 nitrogen and oxygen atoms in total. The zero-order valence-corrected chi connectivity index (χ0v) is 16.3. The molecule has 1 amide bonds. The number of piperidine rings is 1. The quantitative estimate of drug-likeness (QED) is 0.881. The zero-order chi connectivity index (χ0) is 18.2. The molecule has 2 aromatic heterocycles. The number of anilines is 1. The molecular weight excluding hydrogens is 336 g/mol. The van der Waals surface area contributed by atoms with Crippen molar-refractivity contribution < 1.29 is 9.53 Å². The molecule has 7 heteroatoms. The Morgan fingerprint density at radius 3 is 2.84 bits per heavy atom. The minimum absolute atomic E-state index is 0.119. The molecule has 1 aliphatic heterocycles. The van der Waals surface area contributed by atoms with E-state index in [1.165, 1.54) is 5.56 Å². The molecule has 0 aliphatic carbocycles. The fourth-order valence-corrected chi connectivity index (χ4v) is 4.21. The topological polar surface area (TPSA) is 67.4 Å². The van der Waals surface area contributed by atoms with Crippen molar-refractivity contribution in [3.8, 4) is 0 Å². The van der Waals surface area contributed by atoms with Gasteiger partial charge in [0.1, 0.15) is 17.7 Å². The standard InChI is InChI=1S/C18H26N4O2S/c1-11-8-22(7-6-13(11)21-17(23)24-18(3,4)5)16-15-14(19-10-20-16)12(2)9-25-15/h9-11,13H,6-8H2,1-5H3,(H,21,23). The Bertz CT molecular complexity index is 768. The second kappa shape index (κ2) is 6.78. The molecule has 0 bridgehead atoms. The number of alkyl carbamates (subject to hydrolysis) is 1. The third kappa shape index (κ3) is 4.03. The predicted molar refractivity (Wildman–Crippen MR) is 101 cm³/mol. The summed E-state index contributed by atoms with van der Waals surface area (Å²) in [7, 11) is 0. The summed E-state index contributed by atoms with van der Waals surface area (Å²) in [5, 5.41) is 5.15. The molecule has 1 aliphatic rings. The van der Waals surface area contributed by atoms with E-state index in [1.54, 1.807) is 17.7 Å². The van der Waals surface area contributed by atoms with E-state index in [1.807, 2.05) is 20.8 Å². The number of aromatic nitrogens is 2. The summed E-state index contributed by atoms with van der Waals surface area (Å²) in [6.45, 7) is 11.6. The van der Waals surface area contributed by atoms with Crippen LogP contribution in [-0.2, 0) is 4.74 Å². The van der Waals surface area contributed by atoms with Crippen LogP contribution >= 0.6 is 11.3 Å². The van der Waals surface area contributed by atoms with E-state index in [4.69, 9.17) is 4.74 Å². The van der Waals surface area contributed by atoms with Crippen molar-refractivity contribution in [2.75, 3.05) is 18.0 Å². The van der Waals surface area contributed by atoms with Gasteiger partial charge in [0.2, 0.25) is 0 Å². The Balaban J connectivity index is 1.68. The maximum atomic E-state index is 12.0. The van der Waals surface area contributed by atoms with Crippen molar-refractivity contribution in [1.29, 1.82) is 0 Å². The Kier molecular flexibility index (Phi) is 4.86. The number of thiophene rings is 1. The number of hydrogen-bond donors (Lipinski definition) is 1. The lowest BCUT2D eigenvalue weighted by molar-refractivity contribution is 0.0481. The van der Waals surface area contributed by atoms with Crippen molar-refractivity contribution in [3.05, 3.63) is 17.3 Å². The second-order valence-corrected chi connectivity index (χ2v) is 8.64. The summed E-state index contributed by atoms with van der Waals surface area (Å²) < 4.78 is 6.52. The van der Waals surface area contributed by atoms with E-state index in [-0.39, 0.29) is 12.1 Å². The van der Waals surface area contributed by atoms with Gasteiger partial charge in [-0.05, 0) is 51.0 Å². The number of fused-ring (bicyclic) bond motifs is 1. The zero-order valence-electron chi connectivity index (χ0n) is 15.5. The molecule has 3 rings (SSSR count). The number of carbonyl (C=O) groups excluding carboxylic acids is 1. The van der Waals surface area contributed by atoms with Gasteiger partial charge in [-0.3, -0.25) is 0 Å². The molecule has 0 saturated carbocycles. The average molecular weight is 362 g/mol. The highest BCUT2D eigenvalue weighted by Crippen LogP contribution is 2.33. The first-order valence-electron chi connectivity index (χ1n) is 8.68. The number of amides is 1. The number of hydrogen-bond acceptors (Lipinski definition) is 6. The molecular formula is C18H26N4O2S. The molecule has 2 aromatic rings. The maximum absolute atomic E-state index is 12.0. The number of ether oxygens (including phenoxy) is 1. The number of nitrogens with zero attached hydrogens (tertiary/aromatic N) is 3. The van der Waals surface area contributed by atoms with Crippen LogP contribution in [0.4, 0.5) is 10.6 Å². The van der Waals surface area contributed by atoms with Gasteiger partial charge in [-0.25, -0.2) is 14.8 Å². The maximum Gasteiger partial charge on any atom is 0.407 e. The van der Waals surface area contributed by atoms with Crippen LogP contribution < -0.4 is 10.2 Å². The molecule has 2 unspecified atom stereocenters. The number of rotatable bonds is 2. The van der Waals surface area contributed by atoms with E-state index in [2.05, 4.69) is 39.4 Å². The van der Waals surface area contributed by atoms with E-state index >= 15 is 0 Å². The molecule has 2 atom stereocenters. The van der Waals surface area contributed by atoms with Crippen molar-refractivity contribution in [2.45, 2.75) is 52.7 Å². The van der Waals surface area contributed by atoms with Crippen LogP contribution in [0.1, 0.15) is 39.7 Å². The minimum Gasteiger partial charge on any atom is -0.444 e. The van der Waals surface area contributed by atoms with Gasteiger partial charge in [0.15, 0.2) is 0 Å². The molecule has 3 heterocycles. The molecule has 25 heavy (non-hydrogen) atoms. The van der Waals surface area contributed by atoms with E-state index in [9.17, 15) is 4.79 Å². The van der Waals surface area contributed by atoms with Crippen LogP contribution in [0.25, 0.3) is 10.2 Å². The van der Waals surface area contributed by atoms with Crippen LogP contribution in [-0.4, -0.2) is 40.8 Å². The Hall–Kier alpha value is -1.89. The van der Waals surface area contributed by atoms with Gasteiger partial charge in [0, 0.05) is 19.1 Å². The fraction of sp³-hybridized carbons (Fsp3) is 0.611. The smallest absolute Gasteiger partial charge is 0.407 e. The Morgan fingerprint density at radius 1 is 1.40 bits per heavy atom. The molecule has 0 aromatic carbocycles. The summed E-state index contributed by atoms with van der Waals surface area (Å²) in [6.07, 6.45) is 2.18. The van der Waals surface area contributed by atoms with Crippen molar-refractivity contribution >= 4 is 33.5 Å². The minimum atomic E-state index is -0.475. The number of nitrogens with one attached hydrogen (secondary N) is 1. The molecule has 1 fully saturated rings. The van der Waals surface area contributed by atoms with Crippen LogP contribution in [0.15, 0.2) is 11.7 Å². The van der Waals surface area contributed by atoms with E-state index < -0.39 is 5.60 Å². The van der Waals surface area contributed by atoms with Gasteiger partial charge in [0.25, 0.3) is 0 Å². The van der Waals surface area contributed by atoms with E-state index in [0.29, 0.717) is 5.92 Å². The summed E-state index contributed by atoms with van der Waals surface area (Å²) in [4.78, 5) is 23.3. The number of carbonyl (C=O) groups is 1. The fourth-order valence-electron chi connectivity index (χ4n) is 3.19. The summed E-state index contributed by atoms with van der Waals surface area (Å²) in [6, 6.07) is 0.119. The second-order valence-electron chi connectivity index (χ2n) is 7.76. The van der Waals surface area contributed by atoms with Crippen molar-refractivity contribution in [2.24, 2.45) is 5.92 Å². The summed E-state index contributed by atoms with van der Waals surface area (Å²) in [5.41, 5.74) is 1.76. The van der Waals surface area contributed by atoms with Crippen molar-refractivity contribution in [1.82, 2.24) is 15.3 Å². The first kappa shape index (κ1) is 17.9. The average Bonchev–Trinajstić information content (AvgIpc) is 2.89. The largest absolute Gasteiger partial charge is 0.444 e. The Morgan fingerprint density at radius 2 is 2.16 bits per heavy atom. The van der Waals surface area contributed by atoms with Crippen LogP contribution in [0.5, 0.6) is 0 Å². The highest BCUT2D eigenvalue weighted by atomic mass is 32.1. The van der Waals surface area contributed by atoms with Crippen LogP contribution in [0, 0.1) is 12.8 Å². The molecule has 0 spiro atoms. The van der Waals surface area contributed by atoms with Crippen LogP contribution in [0.3, 0.4) is 0 Å². The first-order chi connectivity index (χ1) is 11.7. The molecule has 1 N–H and O–H groups in total. The SMILES string of the molecule is Cc1csc2c(N3CCC(NC(=O)OC(C)(C)C)C(C)C3)ncnc12. The van der Waals surface area contributed by atoms with Gasteiger partial charge in [-0.1, -0.05) is 6.92 Å². The van der Waals surface area contributed by atoms with Crippen LogP contribution in [0.2, 0.25) is 0 Å². The lowest BCUT2D eigenvalue weighted by Crippen LogP contribution is -2.51. The number of aryl methyl sites for hydroxylation is 1. The summed E-state index contributed by atoms with van der Waals surface area (Å²) in [5.74, 6) is 1.32. The molecule has 1 saturated heterocycles. The van der Waals surface area contributed by atoms with E-state index in [0.717, 1.165) is 35.5 Å². The molecule has 0 radical (unpaired) electrons. The lowest BCUT2D eigenvalue weighted by atomic mass is 9.94. The predicted octanol–water partition coefficient (Wildman–Crippen LogP) is 3.74. The third-order valence-electron chi connectivity index (χ3n) is 4.42. The highest BCUT2D eigenvalue weighted by Gasteiger charge is 2.30. The molecule has 136 valence electrons. The monoisotopic (exact) mass is 362 g/mol. The lowest BCUT2D eigenvalue weighted by Gasteiger charge is -2.38. The highest BCUT2D eigenvalue weighted by molar-refractivity contribution is 7.18. The summed E-state index contributed by atoms with van der Waals surface area (Å²) >= 11 is 1.70. The third-order valence-corrected chi connectivity index (χ3v) is 5.50. The van der Waals surface area contributed by atoms with Gasteiger partial charge < -0.3 is 15.0 Å². The van der Waals surface area contributed by atoms with Gasteiger partial charge in [-0.2, -0.15) is 0 Å². The van der Waals surface area contributed by atoms with Gasteiger partial charge >= 0.3 is 6.09 Å². The first-order valence-corrected chi connectivity index (χ1v) is 9.56. The normalized spacial score (nSPS) is 21.4.